The van der Waals surface area contributed by atoms with E-state index in [-0.39, 0.29) is 28.7 Å². The molecule has 2 bridgehead atoms. The van der Waals surface area contributed by atoms with Crippen molar-refractivity contribution in [3.05, 3.63) is 65.6 Å². The molecular weight excluding hydrogens is 576 g/mol. The number of anilines is 2. The number of nitrogens with zero attached hydrogens (tertiary/aromatic N) is 6. The molecule has 45 heavy (non-hydrogen) atoms. The van der Waals surface area contributed by atoms with Crippen molar-refractivity contribution in [2.75, 3.05) is 36.0 Å². The second kappa shape index (κ2) is 10.3. The molecule has 3 aromatic heterocycles. The van der Waals surface area contributed by atoms with Crippen LogP contribution < -0.4 is 19.9 Å². The molecule has 0 radical (unpaired) electrons. The van der Waals surface area contributed by atoms with Crippen LogP contribution in [0.5, 0.6) is 11.5 Å². The zero-order valence-corrected chi connectivity index (χ0v) is 24.9. The number of aromatic hydroxyl groups is 1. The van der Waals surface area contributed by atoms with Gasteiger partial charge in [0.1, 0.15) is 35.0 Å². The van der Waals surface area contributed by atoms with E-state index in [4.69, 9.17) is 16.1 Å². The number of nitrogens with one attached hydrogen (secondary N) is 1. The van der Waals surface area contributed by atoms with E-state index >= 15 is 4.39 Å². The molecule has 6 heterocycles. The summed E-state index contributed by atoms with van der Waals surface area (Å²) in [7, 11) is 1.84. The number of phenolic OH excluding ortho intramolecular Hbond substituents is 1. The summed E-state index contributed by atoms with van der Waals surface area (Å²) in [6.07, 6.45) is 13.0. The van der Waals surface area contributed by atoms with Gasteiger partial charge in [-0.3, -0.25) is 9.67 Å². The van der Waals surface area contributed by atoms with Crippen LogP contribution in [0.1, 0.15) is 24.0 Å². The number of piperazine rings is 1. The number of phenols is 1. The van der Waals surface area contributed by atoms with E-state index in [0.717, 1.165) is 25.9 Å². The first-order chi connectivity index (χ1) is 21.8. The van der Waals surface area contributed by atoms with Gasteiger partial charge in [0.15, 0.2) is 11.6 Å². The lowest BCUT2D eigenvalue weighted by Gasteiger charge is -2.41. The molecule has 2 atom stereocenters. The normalized spacial score (nSPS) is 19.7. The molecule has 2 aromatic carbocycles. The van der Waals surface area contributed by atoms with Crippen LogP contribution >= 0.6 is 0 Å². The van der Waals surface area contributed by atoms with E-state index in [9.17, 15) is 9.50 Å². The number of benzene rings is 2. The van der Waals surface area contributed by atoms with Crippen molar-refractivity contribution in [2.45, 2.75) is 38.0 Å². The van der Waals surface area contributed by atoms with Crippen molar-refractivity contribution in [3.63, 3.8) is 0 Å². The van der Waals surface area contributed by atoms with Crippen molar-refractivity contribution >= 4 is 33.2 Å². The van der Waals surface area contributed by atoms with Crippen LogP contribution in [0.15, 0.2) is 42.9 Å². The minimum atomic E-state index is -0.600. The Labute approximate surface area is 258 Å². The minimum absolute atomic E-state index is 0.00634. The molecule has 3 fully saturated rings. The summed E-state index contributed by atoms with van der Waals surface area (Å²) >= 11 is 0. The van der Waals surface area contributed by atoms with E-state index in [1.807, 2.05) is 20.2 Å². The average Bonchev–Trinajstić information content (AvgIpc) is 3.57. The van der Waals surface area contributed by atoms with Crippen LogP contribution in [0.25, 0.3) is 32.8 Å². The van der Waals surface area contributed by atoms with Gasteiger partial charge in [-0.05, 0) is 43.4 Å². The highest BCUT2D eigenvalue weighted by Gasteiger charge is 2.36. The highest BCUT2D eigenvalue weighted by Crippen LogP contribution is 2.42. The first kappa shape index (κ1) is 27.6. The second-order valence-electron chi connectivity index (χ2n) is 12.3. The van der Waals surface area contributed by atoms with Crippen molar-refractivity contribution in [1.82, 2.24) is 25.1 Å². The van der Waals surface area contributed by atoms with E-state index in [0.29, 0.717) is 69.7 Å². The molecule has 2 N–H and O–H groups in total. The van der Waals surface area contributed by atoms with Gasteiger partial charge in [0.25, 0.3) is 0 Å². The van der Waals surface area contributed by atoms with Gasteiger partial charge in [0.2, 0.25) is 0 Å². The number of pyridine rings is 2. The van der Waals surface area contributed by atoms with Gasteiger partial charge in [0.05, 0.1) is 31.0 Å². The SMILES string of the molecule is C#Cc1c(F)ccc2cc(O)cc(-c3ncc4c(N5C[C@H]6CC[C@@H](C5)N6)nc(N5CC(Oc6cnn(C)c6)C5)c(C)c4c3F)c12. The van der Waals surface area contributed by atoms with Gasteiger partial charge in [-0.2, -0.15) is 5.10 Å². The van der Waals surface area contributed by atoms with Gasteiger partial charge in [-0.25, -0.2) is 13.8 Å². The Morgan fingerprint density at radius 3 is 2.49 bits per heavy atom. The van der Waals surface area contributed by atoms with Crippen LogP contribution in [0.3, 0.4) is 0 Å². The van der Waals surface area contributed by atoms with Crippen molar-refractivity contribution in [3.8, 4) is 35.1 Å². The van der Waals surface area contributed by atoms with Gasteiger partial charge < -0.3 is 25.0 Å². The van der Waals surface area contributed by atoms with Crippen LogP contribution in [-0.4, -0.2) is 69.2 Å². The maximum Gasteiger partial charge on any atom is 0.157 e. The third kappa shape index (κ3) is 4.51. The number of rotatable bonds is 5. The molecule has 8 rings (SSSR count). The maximum atomic E-state index is 17.1. The average molecular weight is 608 g/mol. The van der Waals surface area contributed by atoms with Crippen LogP contribution in [0, 0.1) is 30.9 Å². The Morgan fingerprint density at radius 2 is 1.78 bits per heavy atom. The summed E-state index contributed by atoms with van der Waals surface area (Å²) in [6, 6.07) is 6.33. The second-order valence-corrected chi connectivity index (χ2v) is 12.3. The summed E-state index contributed by atoms with van der Waals surface area (Å²) in [5.41, 5.74) is 0.873. The van der Waals surface area contributed by atoms with Gasteiger partial charge in [-0.15, -0.1) is 6.42 Å². The number of aryl methyl sites for hydroxylation is 2. The number of halogens is 2. The summed E-state index contributed by atoms with van der Waals surface area (Å²) in [6.45, 7) is 4.56. The number of terminal acetylenes is 1. The summed E-state index contributed by atoms with van der Waals surface area (Å²) in [5, 5.41) is 20.2. The molecule has 0 aliphatic carbocycles. The number of hydrogen-bond acceptors (Lipinski definition) is 8. The first-order valence-corrected chi connectivity index (χ1v) is 15.1. The lowest BCUT2D eigenvalue weighted by molar-refractivity contribution is 0.166. The molecule has 0 unspecified atom stereocenters. The fourth-order valence-electron chi connectivity index (χ4n) is 7.18. The Hall–Kier alpha value is -4.95. The standard InChI is InChI=1S/C34H31F2N7O2/c1-4-25-28(35)8-5-19-9-22(44)10-26(30(19)25)32-31(36)29-18(2)33(43-16-24(17-43)45-23-11-38-41(3)15-23)40-34(27(29)12-37-32)42-13-20-6-7-21(14-42)39-20/h1,5,8-12,15,20-21,24,39,44H,6-7,13-14,16-17H2,2-3H3/t20-,21+. The van der Waals surface area contributed by atoms with Gasteiger partial charge in [-0.1, -0.05) is 12.0 Å². The summed E-state index contributed by atoms with van der Waals surface area (Å²) in [5.74, 6) is 3.21. The molecule has 0 spiro atoms. The van der Waals surface area contributed by atoms with E-state index in [2.05, 4.69) is 31.1 Å². The third-order valence-electron chi connectivity index (χ3n) is 9.28. The topological polar surface area (TPSA) is 91.6 Å². The fraction of sp³-hybridized carbons (Fsp3) is 0.324. The smallest absolute Gasteiger partial charge is 0.157 e. The van der Waals surface area contributed by atoms with Crippen molar-refractivity contribution in [1.29, 1.82) is 0 Å². The molecule has 11 heteroatoms. The van der Waals surface area contributed by atoms with Crippen molar-refractivity contribution in [2.24, 2.45) is 7.05 Å². The monoisotopic (exact) mass is 607 g/mol. The number of hydrogen-bond donors (Lipinski definition) is 2. The predicted octanol–water partition coefficient (Wildman–Crippen LogP) is 4.67. The molecule has 5 aromatic rings. The zero-order chi connectivity index (χ0) is 31.0. The van der Waals surface area contributed by atoms with Crippen LogP contribution in [-0.2, 0) is 7.05 Å². The summed E-state index contributed by atoms with van der Waals surface area (Å²) < 4.78 is 39.7. The minimum Gasteiger partial charge on any atom is -0.508 e. The predicted molar refractivity (Wildman–Crippen MR) is 169 cm³/mol. The molecule has 0 saturated carbocycles. The zero-order valence-electron chi connectivity index (χ0n) is 24.9. The van der Waals surface area contributed by atoms with E-state index in [1.54, 1.807) is 17.1 Å². The fourth-order valence-corrected chi connectivity index (χ4v) is 7.18. The molecule has 228 valence electrons. The van der Waals surface area contributed by atoms with E-state index < -0.39 is 11.6 Å². The Kier molecular flexibility index (Phi) is 6.32. The summed E-state index contributed by atoms with van der Waals surface area (Å²) in [4.78, 5) is 14.1. The number of fused-ring (bicyclic) bond motifs is 4. The van der Waals surface area contributed by atoms with Crippen LogP contribution in [0.4, 0.5) is 20.4 Å². The molecule has 3 aliphatic heterocycles. The quantitative estimate of drug-likeness (QED) is 0.279. The lowest BCUT2D eigenvalue weighted by Crippen LogP contribution is -2.55. The highest BCUT2D eigenvalue weighted by molar-refractivity contribution is 6.04. The lowest BCUT2D eigenvalue weighted by atomic mass is 9.94. The van der Waals surface area contributed by atoms with E-state index in [1.165, 1.54) is 24.3 Å². The van der Waals surface area contributed by atoms with Crippen molar-refractivity contribution < 1.29 is 18.6 Å². The molecule has 3 aliphatic rings. The Bertz CT molecular complexity index is 2040. The Morgan fingerprint density at radius 1 is 1.02 bits per heavy atom. The van der Waals surface area contributed by atoms with Gasteiger partial charge in [0, 0.05) is 65.7 Å². The third-order valence-corrected chi connectivity index (χ3v) is 9.28. The van der Waals surface area contributed by atoms with Crippen LogP contribution in [0.2, 0.25) is 0 Å². The molecule has 0 amide bonds. The molecule has 3 saturated heterocycles. The molecular formula is C34H31F2N7O2. The first-order valence-electron chi connectivity index (χ1n) is 15.1. The number of aromatic nitrogens is 4. The largest absolute Gasteiger partial charge is 0.508 e. The van der Waals surface area contributed by atoms with Gasteiger partial charge >= 0.3 is 0 Å². The Balaban J connectivity index is 1.28. The highest BCUT2D eigenvalue weighted by atomic mass is 19.1. The molecule has 9 nitrogen and oxygen atoms in total. The maximum absolute atomic E-state index is 17.1. The number of ether oxygens (including phenoxy) is 1.